The molecule has 5 rings (SSSR count). The third-order valence-electron chi connectivity index (χ3n) is 6.60. The smallest absolute Gasteiger partial charge is 0.254 e. The summed E-state index contributed by atoms with van der Waals surface area (Å²) in [6, 6.07) is 6.00. The molecule has 2 saturated heterocycles. The number of morpholine rings is 1. The summed E-state index contributed by atoms with van der Waals surface area (Å²) in [4.78, 5) is 28.4. The van der Waals surface area contributed by atoms with Gasteiger partial charge in [-0.15, -0.1) is 0 Å². The van der Waals surface area contributed by atoms with Crippen molar-refractivity contribution < 1.29 is 19.0 Å². The van der Waals surface area contributed by atoms with E-state index in [-0.39, 0.29) is 5.91 Å². The Morgan fingerprint density at radius 1 is 1.06 bits per heavy atom. The van der Waals surface area contributed by atoms with Crippen LogP contribution in [0.5, 0.6) is 0 Å². The molecule has 3 aliphatic heterocycles. The number of aromatic nitrogens is 2. The molecule has 0 unspecified atom stereocenters. The summed E-state index contributed by atoms with van der Waals surface area (Å²) in [6.45, 7) is 6.88. The minimum Gasteiger partial charge on any atom is -0.381 e. The molecule has 3 aliphatic rings. The van der Waals surface area contributed by atoms with Crippen LogP contribution in [0.2, 0.25) is 0 Å². The van der Waals surface area contributed by atoms with Gasteiger partial charge in [-0.05, 0) is 43.5 Å². The van der Waals surface area contributed by atoms with Gasteiger partial charge in [0.2, 0.25) is 5.95 Å². The fourth-order valence-corrected chi connectivity index (χ4v) is 4.60. The fraction of sp³-hybridized carbons (Fsp3) is 0.542. The number of hydrogen-bond acceptors (Lipinski definition) is 9. The zero-order valence-electron chi connectivity index (χ0n) is 19.8. The highest BCUT2D eigenvalue weighted by atomic mass is 16.5. The molecule has 4 heterocycles. The summed E-state index contributed by atoms with van der Waals surface area (Å²) in [7, 11) is 1.98. The molecule has 10 heteroatoms. The molecule has 0 saturated carbocycles. The van der Waals surface area contributed by atoms with Crippen molar-refractivity contribution >= 4 is 29.0 Å². The Bertz CT molecular complexity index is 1020. The monoisotopic (exact) mass is 468 g/mol. The quantitative estimate of drug-likeness (QED) is 0.726. The topological polar surface area (TPSA) is 92.3 Å². The Labute approximate surface area is 199 Å². The molecule has 1 N–H and O–H groups in total. The van der Waals surface area contributed by atoms with Gasteiger partial charge in [-0.2, -0.15) is 4.98 Å². The Morgan fingerprint density at radius 2 is 1.82 bits per heavy atom. The van der Waals surface area contributed by atoms with Crippen molar-refractivity contribution in [2.75, 3.05) is 75.1 Å². The zero-order valence-corrected chi connectivity index (χ0v) is 19.8. The molecule has 1 aromatic heterocycles. The van der Waals surface area contributed by atoms with E-state index in [1.54, 1.807) is 0 Å². The van der Waals surface area contributed by atoms with Crippen molar-refractivity contribution in [1.82, 2.24) is 14.9 Å². The summed E-state index contributed by atoms with van der Waals surface area (Å²) in [6.07, 6.45) is 3.73. The number of carbonyl (C=O) groups is 1. The highest BCUT2D eigenvalue weighted by Crippen LogP contribution is 2.33. The molecule has 34 heavy (non-hydrogen) atoms. The number of anilines is 4. The van der Waals surface area contributed by atoms with E-state index >= 15 is 0 Å². The van der Waals surface area contributed by atoms with E-state index in [0.29, 0.717) is 57.3 Å². The zero-order chi connectivity index (χ0) is 23.5. The van der Waals surface area contributed by atoms with Gasteiger partial charge in [0.1, 0.15) is 19.1 Å². The second-order valence-corrected chi connectivity index (χ2v) is 8.94. The van der Waals surface area contributed by atoms with Crippen LogP contribution in [0, 0.1) is 6.92 Å². The standard InChI is InChI=1S/C24H32N6O4/c1-17-13-18(23(31)29-7-11-33-12-8-29)3-4-20(17)26-24-25-14-21-22(27-24)30(16-34-15-28(21)2)19-5-9-32-10-6-19/h3-4,13-14,19H,5-12,15-16H2,1-2H3,(H,25,26,27). The first-order valence-corrected chi connectivity index (χ1v) is 11.8. The maximum absolute atomic E-state index is 12.8. The summed E-state index contributed by atoms with van der Waals surface area (Å²) in [5.41, 5.74) is 3.45. The van der Waals surface area contributed by atoms with Gasteiger partial charge >= 0.3 is 0 Å². The summed E-state index contributed by atoms with van der Waals surface area (Å²) >= 11 is 0. The second kappa shape index (κ2) is 10.1. The number of carbonyl (C=O) groups excluding carboxylic acids is 1. The van der Waals surface area contributed by atoms with Crippen molar-refractivity contribution in [1.29, 1.82) is 0 Å². The number of fused-ring (bicyclic) bond motifs is 1. The lowest BCUT2D eigenvalue weighted by Gasteiger charge is -2.34. The summed E-state index contributed by atoms with van der Waals surface area (Å²) < 4.78 is 16.8. The van der Waals surface area contributed by atoms with Gasteiger partial charge in [-0.3, -0.25) is 4.79 Å². The lowest BCUT2D eigenvalue weighted by atomic mass is 10.1. The molecule has 2 fully saturated rings. The van der Waals surface area contributed by atoms with Gasteiger partial charge < -0.3 is 34.2 Å². The Morgan fingerprint density at radius 3 is 2.59 bits per heavy atom. The van der Waals surface area contributed by atoms with Gasteiger partial charge in [-0.25, -0.2) is 4.98 Å². The Hall–Kier alpha value is -2.95. The van der Waals surface area contributed by atoms with Crippen molar-refractivity contribution in [3.05, 3.63) is 35.5 Å². The van der Waals surface area contributed by atoms with Gasteiger partial charge in [0.15, 0.2) is 5.82 Å². The number of nitrogens with zero attached hydrogens (tertiary/aromatic N) is 5. The van der Waals surface area contributed by atoms with E-state index in [0.717, 1.165) is 48.8 Å². The van der Waals surface area contributed by atoms with E-state index in [2.05, 4.69) is 15.2 Å². The molecular weight excluding hydrogens is 436 g/mol. The molecule has 10 nitrogen and oxygen atoms in total. The van der Waals surface area contributed by atoms with Crippen molar-refractivity contribution in [3.8, 4) is 0 Å². The highest BCUT2D eigenvalue weighted by molar-refractivity contribution is 5.95. The summed E-state index contributed by atoms with van der Waals surface area (Å²) in [5.74, 6) is 1.41. The van der Waals surface area contributed by atoms with Crippen LogP contribution in [0.25, 0.3) is 0 Å². The van der Waals surface area contributed by atoms with Gasteiger partial charge in [0.25, 0.3) is 5.91 Å². The van der Waals surface area contributed by atoms with Crippen molar-refractivity contribution in [2.24, 2.45) is 0 Å². The van der Waals surface area contributed by atoms with Crippen LogP contribution in [0.4, 0.5) is 23.1 Å². The van der Waals surface area contributed by atoms with Crippen molar-refractivity contribution in [2.45, 2.75) is 25.8 Å². The number of amides is 1. The lowest BCUT2D eigenvalue weighted by Crippen LogP contribution is -2.41. The minimum atomic E-state index is 0.0365. The maximum atomic E-state index is 12.8. The Kier molecular flexibility index (Phi) is 6.80. The molecule has 0 radical (unpaired) electrons. The van der Waals surface area contributed by atoms with Crippen LogP contribution in [0.3, 0.4) is 0 Å². The van der Waals surface area contributed by atoms with Gasteiger partial charge in [-0.1, -0.05) is 0 Å². The first kappa shape index (κ1) is 22.8. The number of nitrogens with one attached hydrogen (secondary N) is 1. The van der Waals surface area contributed by atoms with Crippen LogP contribution in [0.15, 0.2) is 24.4 Å². The Balaban J connectivity index is 1.37. The molecule has 0 bridgehead atoms. The minimum absolute atomic E-state index is 0.0365. The number of ether oxygens (including phenoxy) is 3. The molecule has 1 amide bonds. The maximum Gasteiger partial charge on any atom is 0.254 e. The second-order valence-electron chi connectivity index (χ2n) is 8.94. The largest absolute Gasteiger partial charge is 0.381 e. The fourth-order valence-electron chi connectivity index (χ4n) is 4.60. The average molecular weight is 469 g/mol. The first-order chi connectivity index (χ1) is 16.6. The average Bonchev–Trinajstić information content (AvgIpc) is 3.04. The SMILES string of the molecule is Cc1cc(C(=O)N2CCOCC2)ccc1Nc1ncc2c(n1)N(C1CCOCC1)COCN2C. The van der Waals surface area contributed by atoms with Crippen LogP contribution < -0.4 is 15.1 Å². The van der Waals surface area contributed by atoms with E-state index < -0.39 is 0 Å². The van der Waals surface area contributed by atoms with Gasteiger partial charge in [0.05, 0.1) is 19.4 Å². The van der Waals surface area contributed by atoms with Crippen LogP contribution in [-0.2, 0) is 14.2 Å². The molecule has 0 aliphatic carbocycles. The number of aryl methyl sites for hydroxylation is 1. The van der Waals surface area contributed by atoms with Crippen molar-refractivity contribution in [3.63, 3.8) is 0 Å². The van der Waals surface area contributed by atoms with Gasteiger partial charge in [0, 0.05) is 50.6 Å². The van der Waals surface area contributed by atoms with Crippen LogP contribution in [0.1, 0.15) is 28.8 Å². The molecule has 0 spiro atoms. The third-order valence-corrected chi connectivity index (χ3v) is 6.60. The normalized spacial score (nSPS) is 19.5. The molecule has 2 aromatic rings. The predicted molar refractivity (Wildman–Crippen MR) is 129 cm³/mol. The van der Waals surface area contributed by atoms with E-state index in [1.165, 1.54) is 0 Å². The molecule has 182 valence electrons. The number of rotatable bonds is 4. The summed E-state index contributed by atoms with van der Waals surface area (Å²) in [5, 5.41) is 3.35. The lowest BCUT2D eigenvalue weighted by molar-refractivity contribution is 0.0303. The predicted octanol–water partition coefficient (Wildman–Crippen LogP) is 2.37. The third kappa shape index (κ3) is 4.79. The van der Waals surface area contributed by atoms with E-state index in [4.69, 9.17) is 19.2 Å². The molecule has 1 aromatic carbocycles. The molecular formula is C24H32N6O4. The number of benzene rings is 1. The van der Waals surface area contributed by atoms with Crippen LogP contribution >= 0.6 is 0 Å². The van der Waals surface area contributed by atoms with Crippen LogP contribution in [-0.4, -0.2) is 86.8 Å². The number of hydrogen-bond donors (Lipinski definition) is 1. The van der Waals surface area contributed by atoms with E-state index in [1.807, 2.05) is 48.2 Å². The first-order valence-electron chi connectivity index (χ1n) is 11.8. The van der Waals surface area contributed by atoms with E-state index in [9.17, 15) is 4.79 Å². The highest BCUT2D eigenvalue weighted by Gasteiger charge is 2.29. The molecule has 0 atom stereocenters.